The summed E-state index contributed by atoms with van der Waals surface area (Å²) in [5.74, 6) is 0.825. The summed E-state index contributed by atoms with van der Waals surface area (Å²) in [6.45, 7) is 5.11. The summed E-state index contributed by atoms with van der Waals surface area (Å²) < 4.78 is 2.05. The van der Waals surface area contributed by atoms with Gasteiger partial charge in [0.1, 0.15) is 0 Å². The van der Waals surface area contributed by atoms with Gasteiger partial charge in [0.25, 0.3) is 0 Å². The van der Waals surface area contributed by atoms with Crippen LogP contribution in [0.2, 0.25) is 0 Å². The molecule has 5 heteroatoms. The van der Waals surface area contributed by atoms with E-state index in [1.165, 1.54) is 49.0 Å². The topological polar surface area (TPSA) is 44.6 Å². The molecule has 5 nitrogen and oxygen atoms in total. The van der Waals surface area contributed by atoms with Crippen molar-refractivity contribution in [2.24, 2.45) is 12.0 Å². The van der Waals surface area contributed by atoms with E-state index < -0.39 is 0 Å². The molecule has 1 aromatic heterocycles. The number of nitrogens with zero attached hydrogens (tertiary/aromatic N) is 3. The maximum absolute atomic E-state index is 4.30. The molecule has 0 unspecified atom stereocenters. The largest absolute Gasteiger partial charge is 0.357 e. The summed E-state index contributed by atoms with van der Waals surface area (Å²) in [6.07, 6.45) is 8.24. The summed E-state index contributed by atoms with van der Waals surface area (Å²) in [7, 11) is 3.84. The smallest absolute Gasteiger partial charge is 0.191 e. The summed E-state index contributed by atoms with van der Waals surface area (Å²) in [5, 5.41) is 6.74. The molecule has 0 aliphatic carbocycles. The number of aromatic nitrogens is 1. The van der Waals surface area contributed by atoms with Gasteiger partial charge in [0, 0.05) is 46.1 Å². The van der Waals surface area contributed by atoms with Crippen molar-refractivity contribution in [1.82, 2.24) is 20.1 Å². The Bertz CT molecular complexity index is 695. The van der Waals surface area contributed by atoms with E-state index >= 15 is 0 Å². The average Bonchev–Trinajstić information content (AvgIpc) is 3.09. The van der Waals surface area contributed by atoms with E-state index in [2.05, 4.69) is 67.8 Å². The van der Waals surface area contributed by atoms with E-state index in [1.807, 2.05) is 14.1 Å². The van der Waals surface area contributed by atoms with E-state index in [0.29, 0.717) is 0 Å². The van der Waals surface area contributed by atoms with Crippen LogP contribution < -0.4 is 10.6 Å². The molecule has 0 spiro atoms. The highest BCUT2D eigenvalue weighted by atomic mass is 15.2. The Hall–Kier alpha value is -2.27. The van der Waals surface area contributed by atoms with E-state index in [-0.39, 0.29) is 0 Å². The highest BCUT2D eigenvalue weighted by Gasteiger charge is 2.10. The molecular weight excluding hydrogens is 322 g/mol. The van der Waals surface area contributed by atoms with Crippen molar-refractivity contribution in [3.63, 3.8) is 0 Å². The lowest BCUT2D eigenvalue weighted by molar-refractivity contribution is 0.221. The Labute approximate surface area is 157 Å². The lowest BCUT2D eigenvalue weighted by Gasteiger charge is -2.26. The number of benzene rings is 1. The predicted molar refractivity (Wildman–Crippen MR) is 108 cm³/mol. The van der Waals surface area contributed by atoms with Crippen molar-refractivity contribution in [2.45, 2.75) is 38.9 Å². The van der Waals surface area contributed by atoms with Gasteiger partial charge in [0.2, 0.25) is 0 Å². The van der Waals surface area contributed by atoms with Crippen LogP contribution in [0.3, 0.4) is 0 Å². The molecule has 2 heterocycles. The Morgan fingerprint density at radius 2 is 1.58 bits per heavy atom. The number of aliphatic imine (C=N–C) groups is 1. The van der Waals surface area contributed by atoms with Crippen molar-refractivity contribution >= 4 is 5.96 Å². The van der Waals surface area contributed by atoms with Crippen LogP contribution in [-0.4, -0.2) is 35.6 Å². The minimum Gasteiger partial charge on any atom is -0.357 e. The zero-order valence-electron chi connectivity index (χ0n) is 16.0. The zero-order chi connectivity index (χ0) is 18.2. The molecule has 1 saturated heterocycles. The number of hydrogen-bond acceptors (Lipinski definition) is 2. The number of hydrogen-bond donors (Lipinski definition) is 2. The van der Waals surface area contributed by atoms with E-state index in [9.17, 15) is 0 Å². The first-order chi connectivity index (χ1) is 12.7. The number of nitrogens with one attached hydrogen (secondary N) is 2. The van der Waals surface area contributed by atoms with Gasteiger partial charge >= 0.3 is 0 Å². The van der Waals surface area contributed by atoms with Crippen LogP contribution in [0.1, 0.15) is 36.0 Å². The molecule has 1 aliphatic rings. The van der Waals surface area contributed by atoms with Crippen LogP contribution in [0.15, 0.2) is 47.7 Å². The molecule has 3 rings (SSSR count). The van der Waals surface area contributed by atoms with Crippen molar-refractivity contribution in [3.05, 3.63) is 59.4 Å². The first kappa shape index (κ1) is 18.5. The molecule has 1 aromatic carbocycles. The van der Waals surface area contributed by atoms with Gasteiger partial charge in [-0.3, -0.25) is 9.89 Å². The fourth-order valence-corrected chi connectivity index (χ4v) is 3.40. The Morgan fingerprint density at radius 1 is 0.923 bits per heavy atom. The van der Waals surface area contributed by atoms with Gasteiger partial charge in [-0.05, 0) is 48.7 Å². The SMILES string of the molecule is CN=C(NCc1ccc(CN2CCCCC2)cc1)NCc1ccn(C)c1. The third kappa shape index (κ3) is 5.63. The summed E-state index contributed by atoms with van der Waals surface area (Å²) in [6, 6.07) is 11.1. The first-order valence-corrected chi connectivity index (χ1v) is 9.58. The lowest BCUT2D eigenvalue weighted by Crippen LogP contribution is -2.36. The minimum absolute atomic E-state index is 0.773. The van der Waals surface area contributed by atoms with Gasteiger partial charge in [-0.15, -0.1) is 0 Å². The third-order valence-corrected chi connectivity index (χ3v) is 4.91. The van der Waals surface area contributed by atoms with Gasteiger partial charge in [0.05, 0.1) is 0 Å². The van der Waals surface area contributed by atoms with Crippen LogP contribution in [-0.2, 0) is 26.7 Å². The van der Waals surface area contributed by atoms with E-state index in [1.54, 1.807) is 0 Å². The summed E-state index contributed by atoms with van der Waals surface area (Å²) in [4.78, 5) is 6.86. The summed E-state index contributed by atoms with van der Waals surface area (Å²) >= 11 is 0. The molecule has 0 amide bonds. The van der Waals surface area contributed by atoms with Gasteiger partial charge in [-0.2, -0.15) is 0 Å². The molecule has 0 bridgehead atoms. The number of aryl methyl sites for hydroxylation is 1. The van der Waals surface area contributed by atoms with Crippen molar-refractivity contribution in [3.8, 4) is 0 Å². The molecule has 2 N–H and O–H groups in total. The van der Waals surface area contributed by atoms with Gasteiger partial charge in [0.15, 0.2) is 5.96 Å². The molecule has 0 radical (unpaired) electrons. The normalized spacial score (nSPS) is 15.8. The van der Waals surface area contributed by atoms with Crippen LogP contribution in [0.5, 0.6) is 0 Å². The molecule has 1 aliphatic heterocycles. The molecule has 140 valence electrons. The first-order valence-electron chi connectivity index (χ1n) is 9.58. The van der Waals surface area contributed by atoms with Gasteiger partial charge in [-0.25, -0.2) is 0 Å². The fraction of sp³-hybridized carbons (Fsp3) is 0.476. The van der Waals surface area contributed by atoms with Crippen molar-refractivity contribution < 1.29 is 0 Å². The third-order valence-electron chi connectivity index (χ3n) is 4.91. The summed E-state index contributed by atoms with van der Waals surface area (Å²) in [5.41, 5.74) is 3.93. The second-order valence-electron chi connectivity index (χ2n) is 7.12. The standard InChI is InChI=1S/C21H31N5/c1-22-21(24-15-20-10-13-25(2)16-20)23-14-18-6-8-19(9-7-18)17-26-11-4-3-5-12-26/h6-10,13,16H,3-5,11-12,14-15,17H2,1-2H3,(H2,22,23,24). The maximum Gasteiger partial charge on any atom is 0.191 e. The second-order valence-corrected chi connectivity index (χ2v) is 7.12. The number of guanidine groups is 1. The van der Waals surface area contributed by atoms with Crippen LogP contribution in [0, 0.1) is 0 Å². The van der Waals surface area contributed by atoms with E-state index in [4.69, 9.17) is 0 Å². The van der Waals surface area contributed by atoms with Crippen LogP contribution in [0.25, 0.3) is 0 Å². The number of rotatable bonds is 6. The highest BCUT2D eigenvalue weighted by molar-refractivity contribution is 5.79. The predicted octanol–water partition coefficient (Wildman–Crippen LogP) is 2.88. The quantitative estimate of drug-likeness (QED) is 0.620. The molecule has 26 heavy (non-hydrogen) atoms. The fourth-order valence-electron chi connectivity index (χ4n) is 3.40. The van der Waals surface area contributed by atoms with E-state index in [0.717, 1.165) is 25.6 Å². The maximum atomic E-state index is 4.30. The van der Waals surface area contributed by atoms with Gasteiger partial charge in [-0.1, -0.05) is 30.7 Å². The van der Waals surface area contributed by atoms with Gasteiger partial charge < -0.3 is 15.2 Å². The lowest BCUT2D eigenvalue weighted by atomic mass is 10.1. The van der Waals surface area contributed by atoms with Crippen molar-refractivity contribution in [1.29, 1.82) is 0 Å². The second kappa shape index (κ2) is 9.43. The zero-order valence-corrected chi connectivity index (χ0v) is 16.0. The highest BCUT2D eigenvalue weighted by Crippen LogP contribution is 2.13. The monoisotopic (exact) mass is 353 g/mol. The molecule has 2 aromatic rings. The number of likely N-dealkylation sites (tertiary alicyclic amines) is 1. The molecule has 0 atom stereocenters. The molecule has 0 saturated carbocycles. The average molecular weight is 354 g/mol. The molecular formula is C21H31N5. The Kier molecular flexibility index (Phi) is 6.72. The Balaban J connectivity index is 1.44. The number of piperidine rings is 1. The minimum atomic E-state index is 0.773. The van der Waals surface area contributed by atoms with Crippen LogP contribution >= 0.6 is 0 Å². The molecule has 1 fully saturated rings. The van der Waals surface area contributed by atoms with Crippen LogP contribution in [0.4, 0.5) is 0 Å². The van der Waals surface area contributed by atoms with Crippen molar-refractivity contribution in [2.75, 3.05) is 20.1 Å². The Morgan fingerprint density at radius 3 is 2.19 bits per heavy atom.